The lowest BCUT2D eigenvalue weighted by atomic mass is 10.1. The smallest absolute Gasteiger partial charge is 0.244 e. The van der Waals surface area contributed by atoms with Gasteiger partial charge in [-0.2, -0.15) is 0 Å². The molecule has 3 aromatic rings. The fourth-order valence-electron chi connectivity index (χ4n) is 2.92. The molecule has 7 nitrogen and oxygen atoms in total. The lowest BCUT2D eigenvalue weighted by molar-refractivity contribution is -0.120. The van der Waals surface area contributed by atoms with Crippen molar-refractivity contribution in [2.45, 2.75) is 17.7 Å². The number of fused-ring (bicyclic) bond motifs is 1. The van der Waals surface area contributed by atoms with Crippen molar-refractivity contribution in [2.75, 3.05) is 27.8 Å². The van der Waals surface area contributed by atoms with E-state index >= 15 is 0 Å². The first-order chi connectivity index (χ1) is 14.1. The van der Waals surface area contributed by atoms with Crippen molar-refractivity contribution >= 4 is 57.1 Å². The second-order valence-corrected chi connectivity index (χ2v) is 8.58. The third-order valence-corrected chi connectivity index (χ3v) is 6.37. The molecule has 4 rings (SSSR count). The van der Waals surface area contributed by atoms with Crippen LogP contribution in [0.1, 0.15) is 12.5 Å². The standard InChI is InChI=1S/C20H19N5O2S2/c1-2-13-7-9-14(10-8-13)21-19-23-24-20(29-19)28-12-18(27)25-11-17(26)22-15-5-3-4-6-16(15)25/h3-10H,2,11-12H2,1H3,(H,21,23)(H,22,26). The molecule has 9 heteroatoms. The van der Waals surface area contributed by atoms with Gasteiger partial charge in [-0.05, 0) is 36.2 Å². The van der Waals surface area contributed by atoms with Crippen LogP contribution >= 0.6 is 23.1 Å². The van der Waals surface area contributed by atoms with Gasteiger partial charge in [-0.1, -0.05) is 54.3 Å². The number of rotatable bonds is 6. The number of nitrogens with zero attached hydrogens (tertiary/aromatic N) is 3. The van der Waals surface area contributed by atoms with Gasteiger partial charge in [-0.25, -0.2) is 0 Å². The molecule has 0 atom stereocenters. The van der Waals surface area contributed by atoms with Crippen molar-refractivity contribution in [3.63, 3.8) is 0 Å². The number of para-hydroxylation sites is 2. The summed E-state index contributed by atoms with van der Waals surface area (Å²) in [5.41, 5.74) is 3.59. The van der Waals surface area contributed by atoms with Gasteiger partial charge in [0.25, 0.3) is 0 Å². The van der Waals surface area contributed by atoms with Gasteiger partial charge in [0, 0.05) is 5.69 Å². The van der Waals surface area contributed by atoms with Crippen molar-refractivity contribution in [1.29, 1.82) is 0 Å². The van der Waals surface area contributed by atoms with Crippen LogP contribution < -0.4 is 15.5 Å². The number of carbonyl (C=O) groups excluding carboxylic acids is 2. The van der Waals surface area contributed by atoms with E-state index in [2.05, 4.69) is 39.9 Å². The number of hydrogen-bond donors (Lipinski definition) is 2. The quantitative estimate of drug-likeness (QED) is 0.582. The Kier molecular flexibility index (Phi) is 5.77. The molecular weight excluding hydrogens is 406 g/mol. The summed E-state index contributed by atoms with van der Waals surface area (Å²) in [7, 11) is 0. The third-order valence-electron chi connectivity index (χ3n) is 4.41. The Balaban J connectivity index is 1.37. The molecule has 2 amide bonds. The van der Waals surface area contributed by atoms with Crippen molar-refractivity contribution in [3.05, 3.63) is 54.1 Å². The largest absolute Gasteiger partial charge is 0.330 e. The van der Waals surface area contributed by atoms with Crippen molar-refractivity contribution in [3.8, 4) is 0 Å². The predicted molar refractivity (Wildman–Crippen MR) is 117 cm³/mol. The molecule has 2 aromatic carbocycles. The molecular formula is C20H19N5O2S2. The Morgan fingerprint density at radius 3 is 2.79 bits per heavy atom. The minimum atomic E-state index is -0.196. The van der Waals surface area contributed by atoms with E-state index in [0.717, 1.165) is 12.1 Å². The van der Waals surface area contributed by atoms with Gasteiger partial charge >= 0.3 is 0 Å². The summed E-state index contributed by atoms with van der Waals surface area (Å²) in [6, 6.07) is 15.5. The second-order valence-electron chi connectivity index (χ2n) is 6.38. The van der Waals surface area contributed by atoms with Crippen molar-refractivity contribution in [1.82, 2.24) is 10.2 Å². The Morgan fingerprint density at radius 1 is 1.21 bits per heavy atom. The zero-order chi connectivity index (χ0) is 20.2. The molecule has 0 saturated carbocycles. The van der Waals surface area contributed by atoms with E-state index in [1.807, 2.05) is 30.3 Å². The molecule has 0 spiro atoms. The van der Waals surface area contributed by atoms with Crippen LogP contribution in [0.5, 0.6) is 0 Å². The lowest BCUT2D eigenvalue weighted by Crippen LogP contribution is -2.43. The lowest BCUT2D eigenvalue weighted by Gasteiger charge is -2.28. The first kappa shape index (κ1) is 19.4. The first-order valence-corrected chi connectivity index (χ1v) is 10.9. The van der Waals surface area contributed by atoms with Crippen LogP contribution in [0.2, 0.25) is 0 Å². The van der Waals surface area contributed by atoms with E-state index in [-0.39, 0.29) is 24.1 Å². The molecule has 148 valence electrons. The van der Waals surface area contributed by atoms with E-state index in [4.69, 9.17) is 0 Å². The molecule has 0 bridgehead atoms. The average Bonchev–Trinajstić information content (AvgIpc) is 3.19. The molecule has 1 aromatic heterocycles. The Hall–Kier alpha value is -2.91. The number of hydrogen-bond acceptors (Lipinski definition) is 7. The Labute approximate surface area is 176 Å². The highest BCUT2D eigenvalue weighted by molar-refractivity contribution is 8.01. The number of nitrogens with one attached hydrogen (secondary N) is 2. The molecule has 0 fully saturated rings. The van der Waals surface area contributed by atoms with Crippen molar-refractivity contribution < 1.29 is 9.59 Å². The highest BCUT2D eigenvalue weighted by Crippen LogP contribution is 2.31. The molecule has 2 heterocycles. The summed E-state index contributed by atoms with van der Waals surface area (Å²) < 4.78 is 0.695. The van der Waals surface area contributed by atoms with Crippen LogP contribution in [0.15, 0.2) is 52.9 Å². The van der Waals surface area contributed by atoms with Crippen LogP contribution in [0.25, 0.3) is 0 Å². The number of amides is 2. The summed E-state index contributed by atoms with van der Waals surface area (Å²) in [5.74, 6) is -0.155. The Bertz CT molecular complexity index is 1040. The summed E-state index contributed by atoms with van der Waals surface area (Å²) >= 11 is 2.71. The SMILES string of the molecule is CCc1ccc(Nc2nnc(SCC(=O)N3CC(=O)Nc4ccccc43)s2)cc1. The molecule has 0 radical (unpaired) electrons. The maximum absolute atomic E-state index is 12.7. The number of anilines is 4. The monoisotopic (exact) mass is 425 g/mol. The first-order valence-electron chi connectivity index (χ1n) is 9.14. The molecule has 1 aliphatic heterocycles. The minimum absolute atomic E-state index is 0.0209. The van der Waals surface area contributed by atoms with Gasteiger partial charge in [0.1, 0.15) is 6.54 Å². The van der Waals surface area contributed by atoms with E-state index in [1.165, 1.54) is 33.6 Å². The van der Waals surface area contributed by atoms with E-state index in [9.17, 15) is 9.59 Å². The van der Waals surface area contributed by atoms with Crippen LogP contribution in [-0.4, -0.2) is 34.3 Å². The fourth-order valence-corrected chi connectivity index (χ4v) is 4.57. The van der Waals surface area contributed by atoms with E-state index < -0.39 is 0 Å². The molecule has 0 saturated heterocycles. The highest BCUT2D eigenvalue weighted by Gasteiger charge is 2.26. The van der Waals surface area contributed by atoms with Gasteiger partial charge in [-0.15, -0.1) is 10.2 Å². The molecule has 0 unspecified atom stereocenters. The van der Waals surface area contributed by atoms with Gasteiger partial charge in [0.2, 0.25) is 16.9 Å². The van der Waals surface area contributed by atoms with Gasteiger partial charge in [-0.3, -0.25) is 9.59 Å². The third kappa shape index (κ3) is 4.57. The maximum atomic E-state index is 12.7. The van der Waals surface area contributed by atoms with Crippen molar-refractivity contribution in [2.24, 2.45) is 0 Å². The number of aromatic nitrogens is 2. The normalized spacial score (nSPS) is 13.0. The van der Waals surface area contributed by atoms with Gasteiger partial charge in [0.15, 0.2) is 4.34 Å². The topological polar surface area (TPSA) is 87.2 Å². The van der Waals surface area contributed by atoms with Crippen LogP contribution in [-0.2, 0) is 16.0 Å². The van der Waals surface area contributed by atoms with E-state index in [1.54, 1.807) is 6.07 Å². The highest BCUT2D eigenvalue weighted by atomic mass is 32.2. The molecule has 0 aliphatic carbocycles. The summed E-state index contributed by atoms with van der Waals surface area (Å²) in [4.78, 5) is 26.1. The minimum Gasteiger partial charge on any atom is -0.330 e. The van der Waals surface area contributed by atoms with E-state index in [0.29, 0.717) is 20.8 Å². The molecule has 29 heavy (non-hydrogen) atoms. The maximum Gasteiger partial charge on any atom is 0.244 e. The average molecular weight is 426 g/mol. The number of thioether (sulfide) groups is 1. The zero-order valence-corrected chi connectivity index (χ0v) is 17.3. The molecule has 2 N–H and O–H groups in total. The fraction of sp³-hybridized carbons (Fsp3) is 0.200. The van der Waals surface area contributed by atoms with Crippen LogP contribution in [0.4, 0.5) is 22.2 Å². The Morgan fingerprint density at radius 2 is 2.00 bits per heavy atom. The predicted octanol–water partition coefficient (Wildman–Crippen LogP) is 3.92. The van der Waals surface area contributed by atoms with Gasteiger partial charge in [0.05, 0.1) is 17.1 Å². The molecule has 1 aliphatic rings. The van der Waals surface area contributed by atoms with Crippen LogP contribution in [0, 0.1) is 0 Å². The van der Waals surface area contributed by atoms with Crippen LogP contribution in [0.3, 0.4) is 0 Å². The number of aryl methyl sites for hydroxylation is 1. The summed E-state index contributed by atoms with van der Waals surface area (Å²) in [6.45, 7) is 2.14. The summed E-state index contributed by atoms with van der Waals surface area (Å²) in [6.07, 6.45) is 0.997. The summed E-state index contributed by atoms with van der Waals surface area (Å²) in [5, 5.41) is 15.0. The zero-order valence-electron chi connectivity index (χ0n) is 15.7. The number of benzene rings is 2. The second kappa shape index (κ2) is 8.62. The number of carbonyl (C=O) groups is 2. The van der Waals surface area contributed by atoms with Gasteiger partial charge < -0.3 is 15.5 Å².